The van der Waals surface area contributed by atoms with Crippen LogP contribution in [0.4, 0.5) is 0 Å². The summed E-state index contributed by atoms with van der Waals surface area (Å²) in [6, 6.07) is 8.36. The molecule has 1 saturated heterocycles. The number of nitrogens with zero attached hydrogens (tertiary/aromatic N) is 1. The van der Waals surface area contributed by atoms with E-state index in [0.29, 0.717) is 12.1 Å². The number of carbonyl (C=O) groups excluding carboxylic acids is 1. The van der Waals surface area contributed by atoms with Crippen LogP contribution in [0.2, 0.25) is 5.02 Å². The summed E-state index contributed by atoms with van der Waals surface area (Å²) in [7, 11) is 1.53. The normalized spacial score (nSPS) is 18.1. The van der Waals surface area contributed by atoms with Crippen molar-refractivity contribution in [2.45, 2.75) is 57.2 Å². The summed E-state index contributed by atoms with van der Waals surface area (Å²) in [5.41, 5.74) is 2.36. The van der Waals surface area contributed by atoms with Crippen molar-refractivity contribution in [1.82, 2.24) is 10.2 Å². The van der Waals surface area contributed by atoms with Crippen LogP contribution < -0.4 is 14.8 Å². The molecule has 0 saturated carbocycles. The molecule has 0 radical (unpaired) electrons. The van der Waals surface area contributed by atoms with E-state index in [1.165, 1.54) is 30.8 Å². The monoisotopic (exact) mass is 502 g/mol. The predicted octanol–water partition coefficient (Wildman–Crippen LogP) is 3.91. The van der Waals surface area contributed by atoms with Gasteiger partial charge < -0.3 is 29.9 Å². The molecule has 2 aliphatic rings. The zero-order valence-electron chi connectivity index (χ0n) is 20.9. The van der Waals surface area contributed by atoms with Gasteiger partial charge in [-0.15, -0.1) is 0 Å². The maximum Gasteiger partial charge on any atom is 0.254 e. The van der Waals surface area contributed by atoms with Gasteiger partial charge in [-0.25, -0.2) is 0 Å². The van der Waals surface area contributed by atoms with Gasteiger partial charge in [-0.1, -0.05) is 32.4 Å². The number of phenols is 1. The summed E-state index contributed by atoms with van der Waals surface area (Å²) in [6.07, 6.45) is 1.84. The number of benzene rings is 2. The predicted molar refractivity (Wildman–Crippen MR) is 136 cm³/mol. The highest BCUT2D eigenvalue weighted by atomic mass is 35.5. The Morgan fingerprint density at radius 1 is 1.26 bits per heavy atom. The maximum absolute atomic E-state index is 12.0. The van der Waals surface area contributed by atoms with Gasteiger partial charge in [-0.2, -0.15) is 0 Å². The number of phenolic OH excluding ortho intramolecular Hbond substituents is 1. The largest absolute Gasteiger partial charge is 0.508 e. The SMILES string of the molecule is CNC(=O)c1ccc(O)cc1OC[C@@H](O)CN1CCC2(CC1)Cc1cc(Cl)cc(C(C)(C)C)c1O2. The number of fused-ring (bicyclic) bond motifs is 1. The van der Waals surface area contributed by atoms with Crippen molar-refractivity contribution in [3.63, 3.8) is 0 Å². The number of aliphatic hydroxyl groups is 1. The van der Waals surface area contributed by atoms with E-state index in [1.807, 2.05) is 12.1 Å². The van der Waals surface area contributed by atoms with Crippen molar-refractivity contribution in [3.05, 3.63) is 52.0 Å². The first-order valence-electron chi connectivity index (χ1n) is 12.1. The third kappa shape index (κ3) is 5.68. The molecule has 0 aromatic heterocycles. The number of nitrogens with one attached hydrogen (secondary N) is 1. The molecule has 0 bridgehead atoms. The van der Waals surface area contributed by atoms with Crippen molar-refractivity contribution in [2.24, 2.45) is 0 Å². The molecule has 0 aliphatic carbocycles. The molecule has 1 atom stereocenters. The Bertz CT molecular complexity index is 1090. The summed E-state index contributed by atoms with van der Waals surface area (Å²) in [5.74, 6) is 0.912. The average molecular weight is 503 g/mol. The Labute approximate surface area is 212 Å². The van der Waals surface area contributed by atoms with Crippen LogP contribution in [-0.4, -0.2) is 66.0 Å². The highest BCUT2D eigenvalue weighted by Crippen LogP contribution is 2.47. The molecule has 4 rings (SSSR count). The van der Waals surface area contributed by atoms with Crippen molar-refractivity contribution < 1.29 is 24.5 Å². The number of rotatable bonds is 6. The number of β-amino-alcohol motifs (C(OH)–C–C–N with tert-alkyl or cyclic N) is 1. The molecule has 0 unspecified atom stereocenters. The third-order valence-corrected chi connectivity index (χ3v) is 7.09. The lowest BCUT2D eigenvalue weighted by atomic mass is 9.84. The summed E-state index contributed by atoms with van der Waals surface area (Å²) in [6.45, 7) is 8.61. The van der Waals surface area contributed by atoms with E-state index in [2.05, 4.69) is 31.0 Å². The molecule has 3 N–H and O–H groups in total. The van der Waals surface area contributed by atoms with Crippen LogP contribution in [0.5, 0.6) is 17.2 Å². The summed E-state index contributed by atoms with van der Waals surface area (Å²) >= 11 is 6.42. The Morgan fingerprint density at radius 3 is 2.63 bits per heavy atom. The summed E-state index contributed by atoms with van der Waals surface area (Å²) in [4.78, 5) is 14.3. The zero-order valence-corrected chi connectivity index (χ0v) is 21.6. The second kappa shape index (κ2) is 9.88. The molecule has 2 heterocycles. The summed E-state index contributed by atoms with van der Waals surface area (Å²) in [5, 5.41) is 23.7. The molecule has 2 aromatic carbocycles. The van der Waals surface area contributed by atoms with E-state index in [0.717, 1.165) is 48.7 Å². The first kappa shape index (κ1) is 25.6. The van der Waals surface area contributed by atoms with Crippen LogP contribution in [0.25, 0.3) is 0 Å². The zero-order chi connectivity index (χ0) is 25.4. The average Bonchev–Trinajstić information content (AvgIpc) is 3.15. The van der Waals surface area contributed by atoms with E-state index >= 15 is 0 Å². The fourth-order valence-corrected chi connectivity index (χ4v) is 5.21. The minimum atomic E-state index is -0.739. The van der Waals surface area contributed by atoms with Crippen LogP contribution in [0.3, 0.4) is 0 Å². The quantitative estimate of drug-likeness (QED) is 0.554. The van der Waals surface area contributed by atoms with E-state index in [-0.39, 0.29) is 35.0 Å². The van der Waals surface area contributed by atoms with Gasteiger partial charge in [0.25, 0.3) is 5.91 Å². The molecule has 1 spiro atoms. The fourth-order valence-electron chi connectivity index (χ4n) is 4.97. The second-order valence-electron chi connectivity index (χ2n) is 10.7. The molecule has 2 aliphatic heterocycles. The first-order chi connectivity index (χ1) is 16.5. The van der Waals surface area contributed by atoms with Crippen molar-refractivity contribution in [3.8, 4) is 17.2 Å². The highest BCUT2D eigenvalue weighted by Gasteiger charge is 2.44. The lowest BCUT2D eigenvalue weighted by Crippen LogP contribution is -2.49. The van der Waals surface area contributed by atoms with Crippen molar-refractivity contribution in [2.75, 3.05) is 33.3 Å². The first-order valence-corrected chi connectivity index (χ1v) is 12.5. The van der Waals surface area contributed by atoms with E-state index in [4.69, 9.17) is 21.1 Å². The van der Waals surface area contributed by atoms with Gasteiger partial charge in [0.2, 0.25) is 0 Å². The lowest BCUT2D eigenvalue weighted by Gasteiger charge is -2.39. The van der Waals surface area contributed by atoms with Gasteiger partial charge >= 0.3 is 0 Å². The Hall–Kier alpha value is -2.48. The van der Waals surface area contributed by atoms with Crippen molar-refractivity contribution in [1.29, 1.82) is 0 Å². The molecule has 190 valence electrons. The van der Waals surface area contributed by atoms with Gasteiger partial charge in [0.15, 0.2) is 0 Å². The molecular weight excluding hydrogens is 468 g/mol. The lowest BCUT2D eigenvalue weighted by molar-refractivity contribution is -0.00264. The molecular formula is C27H35ClN2O5. The fraction of sp³-hybridized carbons (Fsp3) is 0.519. The third-order valence-electron chi connectivity index (χ3n) is 6.87. The van der Waals surface area contributed by atoms with Gasteiger partial charge in [-0.05, 0) is 35.2 Å². The maximum atomic E-state index is 12.0. The number of halogens is 1. The van der Waals surface area contributed by atoms with Crippen molar-refractivity contribution >= 4 is 17.5 Å². The number of piperidine rings is 1. The minimum Gasteiger partial charge on any atom is -0.508 e. The highest BCUT2D eigenvalue weighted by molar-refractivity contribution is 6.30. The van der Waals surface area contributed by atoms with Crippen LogP contribution >= 0.6 is 11.6 Å². The van der Waals surface area contributed by atoms with Crippen LogP contribution in [-0.2, 0) is 11.8 Å². The van der Waals surface area contributed by atoms with E-state index < -0.39 is 6.10 Å². The Balaban J connectivity index is 1.33. The molecule has 1 amide bonds. The van der Waals surface area contributed by atoms with Gasteiger partial charge in [0, 0.05) is 62.6 Å². The summed E-state index contributed by atoms with van der Waals surface area (Å²) < 4.78 is 12.3. The number of hydrogen-bond donors (Lipinski definition) is 3. The number of ether oxygens (including phenoxy) is 2. The Kier molecular flexibility index (Phi) is 7.23. The Morgan fingerprint density at radius 2 is 1.97 bits per heavy atom. The smallest absolute Gasteiger partial charge is 0.254 e. The van der Waals surface area contributed by atoms with Crippen LogP contribution in [0, 0.1) is 0 Å². The molecule has 7 nitrogen and oxygen atoms in total. The number of amides is 1. The second-order valence-corrected chi connectivity index (χ2v) is 11.1. The van der Waals surface area contributed by atoms with Gasteiger partial charge in [0.05, 0.1) is 5.56 Å². The van der Waals surface area contributed by atoms with Crippen LogP contribution in [0.15, 0.2) is 30.3 Å². The van der Waals surface area contributed by atoms with Crippen LogP contribution in [0.1, 0.15) is 55.1 Å². The number of carbonyl (C=O) groups is 1. The molecule has 8 heteroatoms. The molecule has 35 heavy (non-hydrogen) atoms. The number of likely N-dealkylation sites (tertiary alicyclic amines) is 1. The van der Waals surface area contributed by atoms with Gasteiger partial charge in [0.1, 0.15) is 35.6 Å². The van der Waals surface area contributed by atoms with E-state index in [1.54, 1.807) is 0 Å². The number of aliphatic hydroxyl groups excluding tert-OH is 1. The molecule has 2 aromatic rings. The minimum absolute atomic E-state index is 0.00284. The number of aromatic hydroxyl groups is 1. The molecule has 1 fully saturated rings. The standard InChI is InChI=1S/C27H35ClN2O5/c1-26(2,3)22-12-18(28)11-17-14-27(35-24(17)22)7-9-30(10-8-27)15-20(32)16-34-23-13-19(31)5-6-21(23)25(33)29-4/h5-6,11-13,20,31-32H,7-10,14-16H2,1-4H3,(H,29,33)/t20-/m0/s1. The number of hydrogen-bond acceptors (Lipinski definition) is 6. The topological polar surface area (TPSA) is 91.3 Å². The van der Waals surface area contributed by atoms with Gasteiger partial charge in [-0.3, -0.25) is 4.79 Å². The van der Waals surface area contributed by atoms with E-state index in [9.17, 15) is 15.0 Å².